The maximum Gasteiger partial charge on any atom is 0.420 e. The van der Waals surface area contributed by atoms with Crippen molar-refractivity contribution >= 4 is 21.8 Å². The number of aromatic amines is 1. The fourth-order valence-corrected chi connectivity index (χ4v) is 5.01. The second-order valence-electron chi connectivity index (χ2n) is 9.59. The summed E-state index contributed by atoms with van der Waals surface area (Å²) in [6.45, 7) is 1.31. The molecule has 0 bridgehead atoms. The number of H-pyrrole nitrogens is 1. The molecule has 0 fully saturated rings. The molecule has 0 unspecified atom stereocenters. The molecule has 41 heavy (non-hydrogen) atoms. The van der Waals surface area contributed by atoms with Gasteiger partial charge in [0, 0.05) is 22.7 Å². The summed E-state index contributed by atoms with van der Waals surface area (Å²) in [5.74, 6) is -1.98. The first-order valence-corrected chi connectivity index (χ1v) is 12.5. The quantitative estimate of drug-likeness (QED) is 0.217. The SMILES string of the molecule is Cc1cc(F)c(Cn2cnc(=O)c3cc(Oc4cccc(-c5cccc6[nH]ccc56)c4C(F)(F)F)ccc32)c(F)c1. The molecule has 0 aliphatic carbocycles. The minimum atomic E-state index is -4.77. The Balaban J connectivity index is 1.43. The summed E-state index contributed by atoms with van der Waals surface area (Å²) in [6, 6.07) is 17.3. The van der Waals surface area contributed by atoms with Crippen LogP contribution in [0.25, 0.3) is 32.9 Å². The number of alkyl halides is 3. The summed E-state index contributed by atoms with van der Waals surface area (Å²) in [7, 11) is 0. The first-order chi connectivity index (χ1) is 19.6. The fraction of sp³-hybridized carbons (Fsp3) is 0.0968. The minimum Gasteiger partial charge on any atom is -0.457 e. The Morgan fingerprint density at radius 3 is 2.39 bits per heavy atom. The molecule has 6 rings (SSSR count). The first kappa shape index (κ1) is 26.2. The zero-order chi connectivity index (χ0) is 28.9. The number of benzene rings is 4. The zero-order valence-corrected chi connectivity index (χ0v) is 21.4. The van der Waals surface area contributed by atoms with E-state index in [1.165, 1.54) is 53.1 Å². The number of nitrogens with one attached hydrogen (secondary N) is 1. The van der Waals surface area contributed by atoms with Crippen LogP contribution in [0.3, 0.4) is 0 Å². The molecule has 0 saturated heterocycles. The Labute approximate surface area is 229 Å². The van der Waals surface area contributed by atoms with Gasteiger partial charge in [0.05, 0.1) is 23.8 Å². The molecule has 0 aliphatic heterocycles. The van der Waals surface area contributed by atoms with E-state index in [-0.39, 0.29) is 34.3 Å². The molecule has 0 atom stereocenters. The number of aromatic nitrogens is 3. The predicted molar refractivity (Wildman–Crippen MR) is 145 cm³/mol. The zero-order valence-electron chi connectivity index (χ0n) is 21.4. The number of hydrogen-bond acceptors (Lipinski definition) is 3. The summed E-state index contributed by atoms with van der Waals surface area (Å²) in [4.78, 5) is 19.4. The Hall–Kier alpha value is -4.99. The normalized spacial score (nSPS) is 11.9. The molecule has 2 heterocycles. The molecule has 0 radical (unpaired) electrons. The molecule has 2 aromatic heterocycles. The van der Waals surface area contributed by atoms with Crippen molar-refractivity contribution in [2.75, 3.05) is 0 Å². The highest BCUT2D eigenvalue weighted by Gasteiger charge is 2.38. The van der Waals surface area contributed by atoms with E-state index in [4.69, 9.17) is 4.74 Å². The van der Waals surface area contributed by atoms with E-state index in [9.17, 15) is 26.7 Å². The van der Waals surface area contributed by atoms with E-state index >= 15 is 0 Å². The van der Waals surface area contributed by atoms with Crippen LogP contribution in [0, 0.1) is 18.6 Å². The Morgan fingerprint density at radius 1 is 0.902 bits per heavy atom. The van der Waals surface area contributed by atoms with Crippen LogP contribution in [0.15, 0.2) is 90.1 Å². The Kier molecular flexibility index (Phi) is 6.33. The summed E-state index contributed by atoms with van der Waals surface area (Å²) < 4.78 is 79.5. The topological polar surface area (TPSA) is 59.9 Å². The molecular formula is C31H20F5N3O2. The van der Waals surface area contributed by atoms with E-state index in [1.54, 1.807) is 37.4 Å². The average Bonchev–Trinajstić information content (AvgIpc) is 3.40. The molecule has 10 heteroatoms. The Bertz CT molecular complexity index is 1990. The largest absolute Gasteiger partial charge is 0.457 e. The van der Waals surface area contributed by atoms with Gasteiger partial charge in [-0.2, -0.15) is 18.2 Å². The van der Waals surface area contributed by atoms with E-state index in [0.29, 0.717) is 22.0 Å². The second-order valence-corrected chi connectivity index (χ2v) is 9.59. The number of ether oxygens (including phenoxy) is 1. The van der Waals surface area contributed by atoms with Gasteiger partial charge < -0.3 is 14.3 Å². The van der Waals surface area contributed by atoms with Crippen LogP contribution in [0.5, 0.6) is 11.5 Å². The van der Waals surface area contributed by atoms with Gasteiger partial charge in [0.25, 0.3) is 5.56 Å². The van der Waals surface area contributed by atoms with Gasteiger partial charge in [0.2, 0.25) is 0 Å². The molecule has 1 N–H and O–H groups in total. The molecule has 0 spiro atoms. The third kappa shape index (κ3) is 4.82. The summed E-state index contributed by atoms with van der Waals surface area (Å²) in [5, 5.41) is 0.633. The highest BCUT2D eigenvalue weighted by atomic mass is 19.4. The van der Waals surface area contributed by atoms with Crippen molar-refractivity contribution in [3.05, 3.63) is 124 Å². The van der Waals surface area contributed by atoms with E-state index < -0.39 is 34.7 Å². The van der Waals surface area contributed by atoms with Crippen LogP contribution in [0.4, 0.5) is 22.0 Å². The van der Waals surface area contributed by atoms with E-state index in [1.807, 2.05) is 0 Å². The summed E-state index contributed by atoms with van der Waals surface area (Å²) in [6.07, 6.45) is -1.95. The second kappa shape index (κ2) is 9.88. The summed E-state index contributed by atoms with van der Waals surface area (Å²) in [5.41, 5.74) is -0.161. The van der Waals surface area contributed by atoms with Gasteiger partial charge in [-0.3, -0.25) is 4.79 Å². The monoisotopic (exact) mass is 561 g/mol. The third-order valence-corrected chi connectivity index (χ3v) is 6.86. The number of fused-ring (bicyclic) bond motifs is 2. The molecule has 5 nitrogen and oxygen atoms in total. The first-order valence-electron chi connectivity index (χ1n) is 12.5. The van der Waals surface area contributed by atoms with Gasteiger partial charge in [-0.15, -0.1) is 0 Å². The fourth-order valence-electron chi connectivity index (χ4n) is 5.01. The van der Waals surface area contributed by atoms with Gasteiger partial charge >= 0.3 is 6.18 Å². The van der Waals surface area contributed by atoms with Gasteiger partial charge in [-0.05, 0) is 72.1 Å². The lowest BCUT2D eigenvalue weighted by molar-refractivity contribution is -0.138. The third-order valence-electron chi connectivity index (χ3n) is 6.86. The maximum absolute atomic E-state index is 14.5. The van der Waals surface area contributed by atoms with Crippen LogP contribution in [-0.4, -0.2) is 14.5 Å². The Morgan fingerprint density at radius 2 is 1.63 bits per heavy atom. The lowest BCUT2D eigenvalue weighted by Crippen LogP contribution is -2.14. The van der Waals surface area contributed by atoms with Crippen LogP contribution in [0.1, 0.15) is 16.7 Å². The van der Waals surface area contributed by atoms with Gasteiger partial charge in [-0.1, -0.05) is 24.3 Å². The molecule has 0 amide bonds. The van der Waals surface area contributed by atoms with Crippen LogP contribution >= 0.6 is 0 Å². The highest BCUT2D eigenvalue weighted by Crippen LogP contribution is 2.45. The van der Waals surface area contributed by atoms with E-state index in [0.717, 1.165) is 6.33 Å². The average molecular weight is 562 g/mol. The minimum absolute atomic E-state index is 0.0136. The molecule has 6 aromatic rings. The van der Waals surface area contributed by atoms with Crippen molar-refractivity contribution in [3.8, 4) is 22.6 Å². The lowest BCUT2D eigenvalue weighted by Gasteiger charge is -2.19. The standard InChI is InChI=1S/C31H20F5N3O2/c1-17-12-24(32)23(25(33)13-17)15-39-16-38-30(40)22-14-18(8-9-27(22)39)41-28-7-3-5-21(29(28)31(34,35)36)19-4-2-6-26-20(19)10-11-37-26/h2-14,16,37H,15H2,1H3. The molecule has 206 valence electrons. The lowest BCUT2D eigenvalue weighted by atomic mass is 9.96. The number of rotatable bonds is 5. The van der Waals surface area contributed by atoms with Crippen molar-refractivity contribution in [1.82, 2.24) is 14.5 Å². The number of aryl methyl sites for hydroxylation is 1. The van der Waals surface area contributed by atoms with Crippen LogP contribution in [-0.2, 0) is 12.7 Å². The molecule has 0 aliphatic rings. The van der Waals surface area contributed by atoms with Crippen LogP contribution in [0.2, 0.25) is 0 Å². The van der Waals surface area contributed by atoms with Crippen molar-refractivity contribution in [2.24, 2.45) is 0 Å². The van der Waals surface area contributed by atoms with Crippen LogP contribution < -0.4 is 10.3 Å². The number of halogens is 5. The van der Waals surface area contributed by atoms with Crippen molar-refractivity contribution < 1.29 is 26.7 Å². The number of hydrogen-bond donors (Lipinski definition) is 1. The van der Waals surface area contributed by atoms with Gasteiger partial charge in [-0.25, -0.2) is 8.78 Å². The van der Waals surface area contributed by atoms with Crippen molar-refractivity contribution in [3.63, 3.8) is 0 Å². The maximum atomic E-state index is 14.5. The van der Waals surface area contributed by atoms with Crippen molar-refractivity contribution in [1.29, 1.82) is 0 Å². The smallest absolute Gasteiger partial charge is 0.420 e. The molecule has 0 saturated carbocycles. The highest BCUT2D eigenvalue weighted by molar-refractivity contribution is 5.96. The van der Waals surface area contributed by atoms with E-state index in [2.05, 4.69) is 9.97 Å². The molecular weight excluding hydrogens is 541 g/mol. The number of nitrogens with zero attached hydrogens (tertiary/aromatic N) is 2. The summed E-state index contributed by atoms with van der Waals surface area (Å²) >= 11 is 0. The molecule has 4 aromatic carbocycles. The van der Waals surface area contributed by atoms with Gasteiger partial charge in [0.15, 0.2) is 0 Å². The predicted octanol–water partition coefficient (Wildman–Crippen LogP) is 7.99. The van der Waals surface area contributed by atoms with Crippen molar-refractivity contribution in [2.45, 2.75) is 19.6 Å². The van der Waals surface area contributed by atoms with Gasteiger partial charge in [0.1, 0.15) is 28.7 Å².